The van der Waals surface area contributed by atoms with Gasteiger partial charge in [-0.05, 0) is 38.5 Å². The van der Waals surface area contributed by atoms with E-state index < -0.39 is 7.26 Å². The van der Waals surface area contributed by atoms with Gasteiger partial charge >= 0.3 is 18.0 Å². The number of nitrogens with zero attached hydrogens (tertiary/aromatic N) is 2. The molecule has 0 aromatic heterocycles. The SMILES string of the molecule is CCCCCCCC[P+](C)(CCCCCCCC)CCCCCCCC.N#CC#N.[AsH3]. The molecule has 0 aromatic carbocycles. The van der Waals surface area contributed by atoms with Gasteiger partial charge in [-0.1, -0.05) is 97.8 Å². The number of hydrogen-bond donors (Lipinski definition) is 0. The van der Waals surface area contributed by atoms with Gasteiger partial charge in [0.15, 0.2) is 12.1 Å². The van der Waals surface area contributed by atoms with Crippen LogP contribution in [0.3, 0.4) is 0 Å². The Hall–Kier alpha value is -0.0316. The van der Waals surface area contributed by atoms with Gasteiger partial charge in [0.2, 0.25) is 0 Å². The van der Waals surface area contributed by atoms with Crippen LogP contribution in [0, 0.1) is 22.7 Å². The summed E-state index contributed by atoms with van der Waals surface area (Å²) in [5.74, 6) is 0. The van der Waals surface area contributed by atoms with E-state index >= 15 is 0 Å². The van der Waals surface area contributed by atoms with Gasteiger partial charge in [-0.25, -0.2) is 0 Å². The predicted molar refractivity (Wildman–Crippen MR) is 149 cm³/mol. The molecule has 0 radical (unpaired) electrons. The van der Waals surface area contributed by atoms with Crippen LogP contribution >= 0.6 is 7.26 Å². The summed E-state index contributed by atoms with van der Waals surface area (Å²) < 4.78 is 0. The Morgan fingerprint density at radius 2 is 0.677 bits per heavy atom. The molecule has 1 unspecified atom stereocenters. The van der Waals surface area contributed by atoms with E-state index in [9.17, 15) is 0 Å². The zero-order valence-corrected chi connectivity index (χ0v) is 25.8. The third kappa shape index (κ3) is 30.0. The van der Waals surface area contributed by atoms with Crippen molar-refractivity contribution in [1.82, 2.24) is 0 Å². The maximum absolute atomic E-state index is 7.26. The Morgan fingerprint density at radius 1 is 0.452 bits per heavy atom. The molecule has 184 valence electrons. The molecular weight excluding hydrogens is 458 g/mol. The van der Waals surface area contributed by atoms with Crippen molar-refractivity contribution in [2.45, 2.75) is 136 Å². The molecule has 0 aliphatic heterocycles. The first-order chi connectivity index (χ1) is 14.6. The fraction of sp³-hybridized carbons (Fsp3) is 0.926. The van der Waals surface area contributed by atoms with E-state index in [2.05, 4.69) is 27.4 Å². The average molecular weight is 516 g/mol. The monoisotopic (exact) mass is 515 g/mol. The van der Waals surface area contributed by atoms with Gasteiger partial charge < -0.3 is 0 Å². The molecule has 0 bridgehead atoms. The number of hydrogen-bond acceptors (Lipinski definition) is 2. The van der Waals surface area contributed by atoms with Gasteiger partial charge in [-0.2, -0.15) is 10.5 Å². The molecule has 0 fully saturated rings. The number of nitriles is 2. The molecule has 2 nitrogen and oxygen atoms in total. The summed E-state index contributed by atoms with van der Waals surface area (Å²) in [5.41, 5.74) is 0. The van der Waals surface area contributed by atoms with E-state index in [1.54, 1.807) is 18.5 Å². The van der Waals surface area contributed by atoms with Crippen molar-refractivity contribution in [3.8, 4) is 12.1 Å². The zero-order chi connectivity index (χ0) is 22.8. The summed E-state index contributed by atoms with van der Waals surface area (Å²) in [6.45, 7) is 9.70. The molecule has 0 spiro atoms. The minimum absolute atomic E-state index is 0. The Balaban J connectivity index is -0.00000143. The van der Waals surface area contributed by atoms with Crippen molar-refractivity contribution < 1.29 is 0 Å². The minimum atomic E-state index is -0.636. The second-order valence-electron chi connectivity index (χ2n) is 9.32. The van der Waals surface area contributed by atoms with Crippen LogP contribution in [-0.4, -0.2) is 43.1 Å². The molecule has 0 heterocycles. The molecule has 0 rings (SSSR count). The molecule has 4 heteroatoms. The molecule has 0 N–H and O–H groups in total. The molecule has 0 aliphatic rings. The summed E-state index contributed by atoms with van der Waals surface area (Å²) in [6.07, 6.45) is 31.2. The van der Waals surface area contributed by atoms with Gasteiger partial charge in [0, 0.05) is 13.9 Å². The molecular formula is C27H57AsN2P+. The van der Waals surface area contributed by atoms with E-state index in [4.69, 9.17) is 10.5 Å². The van der Waals surface area contributed by atoms with Gasteiger partial charge in [-0.15, -0.1) is 0 Å². The van der Waals surface area contributed by atoms with Crippen LogP contribution in [0.1, 0.15) is 136 Å². The summed E-state index contributed by atoms with van der Waals surface area (Å²) >= 11 is 0. The number of rotatable bonds is 21. The van der Waals surface area contributed by atoms with Crippen molar-refractivity contribution in [2.24, 2.45) is 0 Å². The zero-order valence-electron chi connectivity index (χ0n) is 21.9. The van der Waals surface area contributed by atoms with E-state index in [1.807, 2.05) is 0 Å². The molecule has 0 amide bonds. The Morgan fingerprint density at radius 3 is 0.903 bits per heavy atom. The Bertz CT molecular complexity index is 362. The van der Waals surface area contributed by atoms with Crippen molar-refractivity contribution in [1.29, 1.82) is 10.5 Å². The van der Waals surface area contributed by atoms with Gasteiger partial charge in [-0.3, -0.25) is 0 Å². The van der Waals surface area contributed by atoms with Gasteiger partial charge in [0.1, 0.15) is 0 Å². The van der Waals surface area contributed by atoms with Gasteiger partial charge in [0.25, 0.3) is 0 Å². The molecule has 31 heavy (non-hydrogen) atoms. The van der Waals surface area contributed by atoms with Crippen LogP contribution in [-0.2, 0) is 0 Å². The second kappa shape index (κ2) is 30.0. The van der Waals surface area contributed by atoms with Crippen molar-refractivity contribution >= 4 is 25.2 Å². The van der Waals surface area contributed by atoms with E-state index in [-0.39, 0.29) is 18.0 Å². The quantitative estimate of drug-likeness (QED) is 0.0873. The fourth-order valence-electron chi connectivity index (χ4n) is 4.16. The maximum atomic E-state index is 7.26. The molecule has 0 saturated carbocycles. The summed E-state index contributed by atoms with van der Waals surface area (Å²) in [4.78, 5) is 0. The van der Waals surface area contributed by atoms with Crippen LogP contribution < -0.4 is 0 Å². The van der Waals surface area contributed by atoms with Crippen molar-refractivity contribution in [3.63, 3.8) is 0 Å². The van der Waals surface area contributed by atoms with E-state index in [0.717, 1.165) is 0 Å². The van der Waals surface area contributed by atoms with E-state index in [1.165, 1.54) is 128 Å². The Kier molecular flexibility index (Phi) is 34.4. The first kappa shape index (κ1) is 35.6. The fourth-order valence-corrected chi connectivity index (χ4v) is 7.79. The first-order valence-corrected chi connectivity index (χ1v) is 16.0. The van der Waals surface area contributed by atoms with Crippen molar-refractivity contribution in [3.05, 3.63) is 0 Å². The summed E-state index contributed by atoms with van der Waals surface area (Å²) in [5, 5.41) is 14.5. The predicted octanol–water partition coefficient (Wildman–Crippen LogP) is 8.56. The molecule has 0 aromatic rings. The van der Waals surface area contributed by atoms with Crippen molar-refractivity contribution in [2.75, 3.05) is 25.2 Å². The third-order valence-electron chi connectivity index (χ3n) is 6.20. The third-order valence-corrected chi connectivity index (χ3v) is 10.4. The topological polar surface area (TPSA) is 47.6 Å². The second-order valence-corrected chi connectivity index (χ2v) is 13.9. The van der Waals surface area contributed by atoms with Gasteiger partial charge in [0.05, 0.1) is 18.5 Å². The van der Waals surface area contributed by atoms with E-state index in [0.29, 0.717) is 0 Å². The molecule has 1 atom stereocenters. The van der Waals surface area contributed by atoms with Crippen LogP contribution in [0.2, 0.25) is 0 Å². The standard InChI is InChI=1S/C25H54P.C2N2.AsH3/c1-5-8-11-14-17-20-23-26(4,24-21-18-15-12-9-6-2)25-22-19-16-13-10-7-3;3-1-2-4;/h5-25H2,1-4H3;;1H3/q+1;;. The summed E-state index contributed by atoms with van der Waals surface area (Å²) in [6, 6.07) is 2.47. The van der Waals surface area contributed by atoms with Crippen LogP contribution in [0.5, 0.6) is 0 Å². The number of unbranched alkanes of at least 4 members (excludes halogenated alkanes) is 15. The van der Waals surface area contributed by atoms with Crippen LogP contribution in [0.25, 0.3) is 0 Å². The Labute approximate surface area is 209 Å². The van der Waals surface area contributed by atoms with Crippen LogP contribution in [0.15, 0.2) is 0 Å². The summed E-state index contributed by atoms with van der Waals surface area (Å²) in [7, 11) is -0.636. The molecule has 0 aliphatic carbocycles. The molecule has 0 saturated heterocycles. The first-order valence-electron chi connectivity index (χ1n) is 13.2. The normalized spacial score (nSPS) is 10.4. The van der Waals surface area contributed by atoms with Crippen LogP contribution in [0.4, 0.5) is 0 Å². The average Bonchev–Trinajstić information content (AvgIpc) is 2.76.